The van der Waals surface area contributed by atoms with Crippen LogP contribution in [0.3, 0.4) is 0 Å². The van der Waals surface area contributed by atoms with Crippen molar-refractivity contribution in [2.45, 2.75) is 18.9 Å². The van der Waals surface area contributed by atoms with Crippen molar-refractivity contribution in [3.63, 3.8) is 0 Å². The first-order valence-electron chi connectivity index (χ1n) is 8.14. The molecule has 0 bridgehead atoms. The molecule has 2 aromatic rings. The zero-order valence-electron chi connectivity index (χ0n) is 14.5. The van der Waals surface area contributed by atoms with E-state index in [4.69, 9.17) is 9.15 Å². The summed E-state index contributed by atoms with van der Waals surface area (Å²) in [6.07, 6.45) is 4.41. The van der Waals surface area contributed by atoms with Crippen molar-refractivity contribution in [1.82, 2.24) is 14.9 Å². The second kappa shape index (κ2) is 7.38. The molecule has 10 heteroatoms. The van der Waals surface area contributed by atoms with Gasteiger partial charge in [0.2, 0.25) is 0 Å². The van der Waals surface area contributed by atoms with Crippen LogP contribution in [0.1, 0.15) is 23.4 Å². The molecule has 0 aromatic carbocycles. The fourth-order valence-corrected chi connectivity index (χ4v) is 2.78. The first kappa shape index (κ1) is 17.6. The van der Waals surface area contributed by atoms with Crippen LogP contribution in [0, 0.1) is 10.1 Å². The number of nitro groups is 1. The van der Waals surface area contributed by atoms with Gasteiger partial charge in [0, 0.05) is 33.0 Å². The van der Waals surface area contributed by atoms with Gasteiger partial charge in [-0.05, 0) is 18.9 Å². The number of furan rings is 1. The third kappa shape index (κ3) is 3.73. The van der Waals surface area contributed by atoms with Crippen LogP contribution in [0.15, 0.2) is 28.9 Å². The number of ether oxygens (including phenoxy) is 1. The van der Waals surface area contributed by atoms with Crippen LogP contribution in [0.2, 0.25) is 0 Å². The number of likely N-dealkylation sites (tertiary alicyclic amines) is 1. The highest BCUT2D eigenvalue weighted by molar-refractivity contribution is 5.91. The highest BCUT2D eigenvalue weighted by Gasteiger charge is 2.29. The van der Waals surface area contributed by atoms with Gasteiger partial charge in [-0.2, -0.15) is 0 Å². The predicted octanol–water partition coefficient (Wildman–Crippen LogP) is 1.73. The normalized spacial score (nSPS) is 17.0. The molecule has 0 radical (unpaired) electrons. The van der Waals surface area contributed by atoms with Gasteiger partial charge >= 0.3 is 5.88 Å². The molecule has 1 amide bonds. The Balaban J connectivity index is 1.69. The summed E-state index contributed by atoms with van der Waals surface area (Å²) in [7, 11) is 3.69. The molecule has 26 heavy (non-hydrogen) atoms. The smallest absolute Gasteiger partial charge is 0.433 e. The maximum atomic E-state index is 12.5. The molecule has 1 fully saturated rings. The number of carbonyl (C=O) groups excluding carboxylic acids is 1. The molecule has 10 nitrogen and oxygen atoms in total. The highest BCUT2D eigenvalue weighted by Crippen LogP contribution is 2.25. The molecule has 0 aliphatic carbocycles. The van der Waals surface area contributed by atoms with Crippen LogP contribution in [0.4, 0.5) is 11.7 Å². The van der Waals surface area contributed by atoms with Gasteiger partial charge < -0.3 is 19.0 Å². The Morgan fingerprint density at radius 2 is 2.15 bits per heavy atom. The summed E-state index contributed by atoms with van der Waals surface area (Å²) in [6, 6.07) is 2.49. The Kier molecular flexibility index (Phi) is 5.01. The molecular formula is C16H19N5O5. The van der Waals surface area contributed by atoms with E-state index in [0.717, 1.165) is 12.8 Å². The molecule has 3 heterocycles. The quantitative estimate of drug-likeness (QED) is 0.584. The van der Waals surface area contributed by atoms with E-state index in [1.165, 1.54) is 12.1 Å². The number of nitrogens with zero attached hydrogens (tertiary/aromatic N) is 5. The minimum atomic E-state index is -0.671. The molecule has 2 aromatic heterocycles. The summed E-state index contributed by atoms with van der Waals surface area (Å²) in [5.74, 6) is 0.126. The maximum Gasteiger partial charge on any atom is 0.433 e. The Hall–Kier alpha value is -3.17. The zero-order chi connectivity index (χ0) is 18.7. The van der Waals surface area contributed by atoms with E-state index < -0.39 is 16.7 Å². The van der Waals surface area contributed by atoms with Gasteiger partial charge in [-0.1, -0.05) is 0 Å². The lowest BCUT2D eigenvalue weighted by atomic mass is 10.1. The summed E-state index contributed by atoms with van der Waals surface area (Å²) >= 11 is 0. The van der Waals surface area contributed by atoms with Gasteiger partial charge in [-0.15, -0.1) is 0 Å². The lowest BCUT2D eigenvalue weighted by Gasteiger charge is -2.32. The largest absolute Gasteiger partial charge is 0.470 e. The van der Waals surface area contributed by atoms with Crippen molar-refractivity contribution in [3.05, 3.63) is 40.4 Å². The van der Waals surface area contributed by atoms with Crippen LogP contribution < -0.4 is 9.64 Å². The second-order valence-corrected chi connectivity index (χ2v) is 6.11. The first-order valence-corrected chi connectivity index (χ1v) is 8.14. The van der Waals surface area contributed by atoms with Crippen molar-refractivity contribution in [1.29, 1.82) is 0 Å². The number of carbonyl (C=O) groups is 1. The van der Waals surface area contributed by atoms with Crippen molar-refractivity contribution in [2.75, 3.05) is 32.1 Å². The van der Waals surface area contributed by atoms with Crippen molar-refractivity contribution < 1.29 is 18.9 Å². The van der Waals surface area contributed by atoms with Crippen molar-refractivity contribution >= 4 is 17.6 Å². The fraction of sp³-hybridized carbons (Fsp3) is 0.438. The van der Waals surface area contributed by atoms with Gasteiger partial charge in [0.1, 0.15) is 11.0 Å². The van der Waals surface area contributed by atoms with Gasteiger partial charge in [-0.3, -0.25) is 14.9 Å². The summed E-state index contributed by atoms with van der Waals surface area (Å²) in [4.78, 5) is 34.4. The Bertz CT molecular complexity index is 806. The van der Waals surface area contributed by atoms with Crippen LogP contribution in [0.5, 0.6) is 5.88 Å². The lowest BCUT2D eigenvalue weighted by molar-refractivity contribution is -0.402. The number of rotatable bonds is 5. The van der Waals surface area contributed by atoms with E-state index >= 15 is 0 Å². The highest BCUT2D eigenvalue weighted by atomic mass is 16.6. The predicted molar refractivity (Wildman–Crippen MR) is 91.3 cm³/mol. The SMILES string of the molecule is CN(C)c1nccnc1OC1CCCN(C(=O)c2ccc([N+](=O)[O-])o2)C1. The minimum absolute atomic E-state index is 0.0502. The number of hydrogen-bond donors (Lipinski definition) is 0. The van der Waals surface area contributed by atoms with E-state index in [0.29, 0.717) is 24.8 Å². The molecule has 0 N–H and O–H groups in total. The Morgan fingerprint density at radius 1 is 1.38 bits per heavy atom. The molecule has 0 saturated carbocycles. The molecule has 1 aliphatic heterocycles. The fourth-order valence-electron chi connectivity index (χ4n) is 2.78. The van der Waals surface area contributed by atoms with Crippen LogP contribution in [-0.2, 0) is 0 Å². The van der Waals surface area contributed by atoms with Crippen LogP contribution >= 0.6 is 0 Å². The van der Waals surface area contributed by atoms with Gasteiger partial charge in [0.05, 0.1) is 12.6 Å². The molecule has 1 saturated heterocycles. The Labute approximate surface area is 149 Å². The number of anilines is 1. The van der Waals surface area contributed by atoms with Gasteiger partial charge in [0.15, 0.2) is 11.6 Å². The minimum Gasteiger partial charge on any atom is -0.470 e. The number of hydrogen-bond acceptors (Lipinski definition) is 8. The Morgan fingerprint density at radius 3 is 2.85 bits per heavy atom. The average Bonchev–Trinajstić information content (AvgIpc) is 3.12. The lowest BCUT2D eigenvalue weighted by Crippen LogP contribution is -2.44. The van der Waals surface area contributed by atoms with Gasteiger partial charge in [-0.25, -0.2) is 9.97 Å². The third-order valence-corrected chi connectivity index (χ3v) is 4.00. The molecule has 3 rings (SSSR count). The summed E-state index contributed by atoms with van der Waals surface area (Å²) in [5, 5.41) is 10.7. The third-order valence-electron chi connectivity index (χ3n) is 4.00. The number of piperidine rings is 1. The average molecular weight is 361 g/mol. The summed E-state index contributed by atoms with van der Waals surface area (Å²) in [6.45, 7) is 0.880. The van der Waals surface area contributed by atoms with E-state index in [9.17, 15) is 14.9 Å². The van der Waals surface area contributed by atoms with E-state index in [-0.39, 0.29) is 11.9 Å². The summed E-state index contributed by atoms with van der Waals surface area (Å²) in [5.41, 5.74) is 0. The van der Waals surface area contributed by atoms with E-state index in [1.54, 1.807) is 22.2 Å². The van der Waals surface area contributed by atoms with Crippen molar-refractivity contribution in [2.24, 2.45) is 0 Å². The molecule has 1 unspecified atom stereocenters. The van der Waals surface area contributed by atoms with Crippen molar-refractivity contribution in [3.8, 4) is 5.88 Å². The molecule has 138 valence electrons. The monoisotopic (exact) mass is 361 g/mol. The first-order chi connectivity index (χ1) is 12.5. The standard InChI is InChI=1S/C16H19N5O5/c1-19(2)14-15(18-8-7-17-14)25-11-4-3-9-20(10-11)16(22)12-5-6-13(26-12)21(23)24/h5-8,11H,3-4,9-10H2,1-2H3. The molecule has 1 aliphatic rings. The number of aromatic nitrogens is 2. The van der Waals surface area contributed by atoms with Crippen LogP contribution in [0.25, 0.3) is 0 Å². The second-order valence-electron chi connectivity index (χ2n) is 6.11. The van der Waals surface area contributed by atoms with Gasteiger partial charge in [0.25, 0.3) is 11.8 Å². The molecule has 0 spiro atoms. The zero-order valence-corrected chi connectivity index (χ0v) is 14.5. The molecule has 1 atom stereocenters. The summed E-state index contributed by atoms with van der Waals surface area (Å²) < 4.78 is 11.0. The topological polar surface area (TPSA) is 115 Å². The van der Waals surface area contributed by atoms with E-state index in [1.807, 2.05) is 14.1 Å². The van der Waals surface area contributed by atoms with E-state index in [2.05, 4.69) is 9.97 Å². The number of amides is 1. The maximum absolute atomic E-state index is 12.5. The molecular weight excluding hydrogens is 342 g/mol. The van der Waals surface area contributed by atoms with Crippen LogP contribution in [-0.4, -0.2) is 59.0 Å².